The Morgan fingerprint density at radius 1 is 1.40 bits per heavy atom. The van der Waals surface area contributed by atoms with Crippen molar-refractivity contribution in [3.8, 4) is 0 Å². The molecule has 0 aromatic rings. The molecule has 1 aliphatic heterocycles. The lowest BCUT2D eigenvalue weighted by Gasteiger charge is -2.39. The Morgan fingerprint density at radius 3 is 2.33 bits per heavy atom. The molecule has 0 saturated carbocycles. The quantitative estimate of drug-likeness (QED) is 0.477. The van der Waals surface area contributed by atoms with Crippen LogP contribution in [-0.4, -0.2) is 50.7 Å². The number of carbonyl (C=O) groups excluding carboxylic acids is 1. The Balaban J connectivity index is 2.94. The summed E-state index contributed by atoms with van der Waals surface area (Å²) in [5, 5.41) is 22.2. The van der Waals surface area contributed by atoms with Crippen LogP contribution in [0.4, 0.5) is 9.59 Å². The van der Waals surface area contributed by atoms with Gasteiger partial charge in [-0.15, -0.1) is 0 Å². The van der Waals surface area contributed by atoms with Gasteiger partial charge in [0, 0.05) is 13.1 Å². The molecule has 0 atom stereocenters. The van der Waals surface area contributed by atoms with Crippen molar-refractivity contribution in [1.29, 1.82) is 0 Å². The van der Waals surface area contributed by atoms with E-state index in [1.165, 1.54) is 0 Å². The zero-order valence-electron chi connectivity index (χ0n) is 7.67. The van der Waals surface area contributed by atoms with Gasteiger partial charge in [0.25, 0.3) is 0 Å². The van der Waals surface area contributed by atoms with Crippen LogP contribution in [0.25, 0.3) is 0 Å². The lowest BCUT2D eigenvalue weighted by atomic mass is 10.4. The molecule has 1 saturated heterocycles. The Morgan fingerprint density at radius 2 is 1.93 bits per heavy atom. The normalized spacial score (nSPS) is 19.4. The first-order chi connectivity index (χ1) is 6.89. The molecule has 0 bridgehead atoms. The summed E-state index contributed by atoms with van der Waals surface area (Å²) >= 11 is 0. The first-order valence-corrected chi connectivity index (χ1v) is 5.63. The first-order valence-electron chi connectivity index (χ1n) is 3.98. The Bertz CT molecular complexity index is 306. The number of hydrogen-bond acceptors (Lipinski definition) is 5. The minimum Gasteiger partial charge on any atom is -0.472 e. The predicted molar refractivity (Wildman–Crippen MR) is 52.4 cm³/mol. The number of nitrogens with one attached hydrogen (secondary N) is 1. The van der Waals surface area contributed by atoms with Crippen LogP contribution in [0.5, 0.6) is 0 Å². The molecule has 0 aromatic heterocycles. The van der Waals surface area contributed by atoms with Gasteiger partial charge in [-0.2, -0.15) is 0 Å². The Hall–Kier alpha value is -1.32. The predicted octanol–water partition coefficient (Wildman–Crippen LogP) is -0.633. The van der Waals surface area contributed by atoms with E-state index in [1.54, 1.807) is 0 Å². The molecule has 1 fully saturated rings. The van der Waals surface area contributed by atoms with Gasteiger partial charge in [0.15, 0.2) is 0 Å². The van der Waals surface area contributed by atoms with Gasteiger partial charge in [0.05, 0.1) is 16.9 Å². The summed E-state index contributed by atoms with van der Waals surface area (Å²) in [5.41, 5.74) is 0. The van der Waals surface area contributed by atoms with Gasteiger partial charge in [-0.3, -0.25) is 9.93 Å². The summed E-state index contributed by atoms with van der Waals surface area (Å²) in [7, 11) is -3.50. The maximum atomic E-state index is 11.0. The molecule has 0 spiro atoms. The van der Waals surface area contributed by atoms with Crippen molar-refractivity contribution in [3.05, 3.63) is 0 Å². The second kappa shape index (κ2) is 4.04. The van der Waals surface area contributed by atoms with Crippen molar-refractivity contribution in [3.63, 3.8) is 0 Å². The second-order valence-electron chi connectivity index (χ2n) is 2.87. The van der Waals surface area contributed by atoms with E-state index in [0.29, 0.717) is 0 Å². The number of nitrogens with zero attached hydrogens (tertiary/aromatic N) is 1. The van der Waals surface area contributed by atoms with Gasteiger partial charge >= 0.3 is 10.6 Å². The number of carbonyl (C=O) groups is 3. The molecule has 0 aromatic carbocycles. The molecule has 8 nitrogen and oxygen atoms in total. The van der Waals surface area contributed by atoms with Gasteiger partial charge in [-0.1, -0.05) is 0 Å². The fraction of sp³-hybridized carbons (Fsp3) is 0.500. The van der Waals surface area contributed by atoms with Crippen molar-refractivity contribution in [2.24, 2.45) is 5.14 Å². The van der Waals surface area contributed by atoms with E-state index in [9.17, 15) is 14.4 Å². The molecule has 0 radical (unpaired) electrons. The third-order valence-corrected chi connectivity index (χ3v) is 4.13. The smallest absolute Gasteiger partial charge is 0.382 e. The van der Waals surface area contributed by atoms with Crippen LogP contribution in [0.15, 0.2) is 0 Å². The van der Waals surface area contributed by atoms with E-state index in [-0.39, 0.29) is 19.6 Å². The Labute approximate surface area is 86.6 Å². The molecule has 1 amide bonds. The molecule has 1 rings (SSSR count). The fourth-order valence-corrected chi connectivity index (χ4v) is 2.45. The molecule has 0 unspecified atom stereocenters. The highest BCUT2D eigenvalue weighted by Crippen LogP contribution is 2.45. The van der Waals surface area contributed by atoms with Crippen molar-refractivity contribution in [2.75, 3.05) is 19.6 Å². The van der Waals surface area contributed by atoms with Crippen molar-refractivity contribution < 1.29 is 24.6 Å². The minimum absolute atomic E-state index is 0.121. The summed E-state index contributed by atoms with van der Waals surface area (Å²) < 4.78 is 0.997. The summed E-state index contributed by atoms with van der Waals surface area (Å²) in [5.74, 6) is -0.425. The average molecular weight is 237 g/mol. The molecule has 5 N–H and O–H groups in total. The molecule has 1 aliphatic rings. The van der Waals surface area contributed by atoms with Crippen LogP contribution in [0.2, 0.25) is 0 Å². The number of hydrogen-bond donors (Lipinski definition) is 4. The number of amides is 1. The lowest BCUT2D eigenvalue weighted by molar-refractivity contribution is -0.122. The van der Waals surface area contributed by atoms with Crippen LogP contribution >= 0.6 is 10.4 Å². The molecule has 9 heteroatoms. The molecule has 86 valence electrons. The van der Waals surface area contributed by atoms with Crippen LogP contribution in [0, 0.1) is 0 Å². The molecule has 0 aliphatic carbocycles. The summed E-state index contributed by atoms with van der Waals surface area (Å²) in [6.07, 6.45) is 0. The third kappa shape index (κ3) is 2.03. The largest absolute Gasteiger partial charge is 0.472 e. The van der Waals surface area contributed by atoms with Crippen LogP contribution in [0.3, 0.4) is 0 Å². The van der Waals surface area contributed by atoms with E-state index in [0.717, 1.165) is 4.31 Å². The maximum absolute atomic E-state index is 11.0. The van der Waals surface area contributed by atoms with Crippen LogP contribution < -0.4 is 10.5 Å². The average Bonchev–Trinajstić information content (AvgIpc) is 2.15. The standard InChI is InChI=1S/C6H11N3O5S/c7-15(5(11)12,6(13)14)9-2-1-8-4(10)3-9/h1-3,7H2,(H,8,10)(H,11,12)(H,13,14). The maximum Gasteiger partial charge on any atom is 0.382 e. The number of rotatable bonds is 1. The first kappa shape index (κ1) is 11.8. The van der Waals surface area contributed by atoms with Gasteiger partial charge < -0.3 is 15.5 Å². The topological polar surface area (TPSA) is 133 Å². The second-order valence-corrected chi connectivity index (χ2v) is 5.34. The fourth-order valence-electron chi connectivity index (χ4n) is 1.16. The molecular weight excluding hydrogens is 226 g/mol. The Kier molecular flexibility index (Phi) is 3.17. The molecule has 1 heterocycles. The van der Waals surface area contributed by atoms with Gasteiger partial charge in [0.2, 0.25) is 5.91 Å². The zero-order chi connectivity index (χ0) is 11.6. The SMILES string of the molecule is NS(C(=O)O)(C(=O)O)N1CCNC(=O)C1. The lowest BCUT2D eigenvalue weighted by Crippen LogP contribution is -2.53. The monoisotopic (exact) mass is 237 g/mol. The molecular formula is C6H11N3O5S. The summed E-state index contributed by atoms with van der Waals surface area (Å²) in [4.78, 5) is 32.6. The highest BCUT2D eigenvalue weighted by atomic mass is 32.3. The van der Waals surface area contributed by atoms with Crippen LogP contribution in [-0.2, 0) is 4.79 Å². The van der Waals surface area contributed by atoms with E-state index in [1.807, 2.05) is 0 Å². The number of piperazine rings is 1. The van der Waals surface area contributed by atoms with Crippen molar-refractivity contribution in [2.45, 2.75) is 0 Å². The zero-order valence-corrected chi connectivity index (χ0v) is 8.49. The van der Waals surface area contributed by atoms with E-state index >= 15 is 0 Å². The summed E-state index contributed by atoms with van der Waals surface area (Å²) in [6.45, 7) is 0.0198. The van der Waals surface area contributed by atoms with Gasteiger partial charge in [-0.25, -0.2) is 13.9 Å². The van der Waals surface area contributed by atoms with E-state index in [2.05, 4.69) is 5.32 Å². The van der Waals surface area contributed by atoms with Crippen LogP contribution in [0.1, 0.15) is 0 Å². The highest BCUT2D eigenvalue weighted by molar-refractivity contribution is 8.51. The highest BCUT2D eigenvalue weighted by Gasteiger charge is 2.44. The van der Waals surface area contributed by atoms with E-state index in [4.69, 9.17) is 15.4 Å². The van der Waals surface area contributed by atoms with Crippen molar-refractivity contribution >= 4 is 26.9 Å². The van der Waals surface area contributed by atoms with Gasteiger partial charge in [-0.05, 0) is 0 Å². The van der Waals surface area contributed by atoms with E-state index < -0.39 is 26.9 Å². The van der Waals surface area contributed by atoms with Gasteiger partial charge in [0.1, 0.15) is 0 Å². The number of carboxylic acid groups (broad SMARTS) is 2. The minimum atomic E-state index is -3.50. The summed E-state index contributed by atoms with van der Waals surface area (Å²) in [6, 6.07) is 0. The third-order valence-electron chi connectivity index (χ3n) is 1.94. The molecule has 15 heavy (non-hydrogen) atoms. The van der Waals surface area contributed by atoms with Crippen molar-refractivity contribution in [1.82, 2.24) is 9.62 Å². The number of nitrogens with two attached hydrogens (primary N) is 1.